The van der Waals surface area contributed by atoms with Crippen molar-refractivity contribution < 1.29 is 19.4 Å². The molecule has 2 aromatic heterocycles. The number of methoxy groups -OCH3 is 1. The summed E-state index contributed by atoms with van der Waals surface area (Å²) < 4.78 is 13.4. The third-order valence-electron chi connectivity index (χ3n) is 5.38. The van der Waals surface area contributed by atoms with Crippen molar-refractivity contribution in [3.8, 4) is 27.8 Å². The van der Waals surface area contributed by atoms with Gasteiger partial charge in [0.05, 0.1) is 31.4 Å². The smallest absolute Gasteiger partial charge is 0.407 e. The van der Waals surface area contributed by atoms with Gasteiger partial charge in [0.25, 0.3) is 5.56 Å². The average Bonchev–Trinajstić information content (AvgIpc) is 3.22. The monoisotopic (exact) mass is 483 g/mol. The van der Waals surface area contributed by atoms with Crippen molar-refractivity contribution in [2.24, 2.45) is 0 Å². The predicted molar refractivity (Wildman–Crippen MR) is 126 cm³/mol. The third kappa shape index (κ3) is 4.01. The Kier molecular flexibility index (Phi) is 5.43. The second-order valence-electron chi connectivity index (χ2n) is 7.49. The number of aromatic nitrogens is 2. The number of benzene rings is 2. The first-order chi connectivity index (χ1) is 15.9. The van der Waals surface area contributed by atoms with E-state index in [9.17, 15) is 9.59 Å². The van der Waals surface area contributed by atoms with E-state index in [0.29, 0.717) is 45.5 Å². The minimum atomic E-state index is -0.964. The van der Waals surface area contributed by atoms with Crippen LogP contribution in [0.25, 0.3) is 26.5 Å². The van der Waals surface area contributed by atoms with Crippen LogP contribution < -0.4 is 15.0 Å². The minimum Gasteiger partial charge on any atom is -0.493 e. The molecule has 1 N–H and O–H groups in total. The molecule has 33 heavy (non-hydrogen) atoms. The van der Waals surface area contributed by atoms with Gasteiger partial charge in [-0.15, -0.1) is 11.3 Å². The summed E-state index contributed by atoms with van der Waals surface area (Å²) in [4.78, 5) is 30.0. The molecule has 1 aliphatic rings. The molecule has 0 unspecified atom stereocenters. The number of amides is 1. The fourth-order valence-electron chi connectivity index (χ4n) is 3.59. The number of ether oxygens (including phenoxy) is 2. The van der Waals surface area contributed by atoms with Crippen LogP contribution in [-0.4, -0.2) is 52.0 Å². The van der Waals surface area contributed by atoms with Crippen LogP contribution in [0.2, 0.25) is 5.02 Å². The molecule has 0 saturated carbocycles. The van der Waals surface area contributed by atoms with Crippen LogP contribution >= 0.6 is 22.9 Å². The number of carboxylic acid groups (broad SMARTS) is 1. The van der Waals surface area contributed by atoms with E-state index >= 15 is 0 Å². The van der Waals surface area contributed by atoms with E-state index in [1.54, 1.807) is 42.6 Å². The lowest BCUT2D eigenvalue weighted by atomic mass is 10.2. The first kappa shape index (κ1) is 21.3. The van der Waals surface area contributed by atoms with Gasteiger partial charge in [-0.05, 0) is 30.3 Å². The van der Waals surface area contributed by atoms with Gasteiger partial charge in [0.1, 0.15) is 15.8 Å². The molecule has 8 nitrogen and oxygen atoms in total. The topological polar surface area (TPSA) is 93.9 Å². The summed E-state index contributed by atoms with van der Waals surface area (Å²) in [6, 6.07) is 14.3. The van der Waals surface area contributed by atoms with Crippen LogP contribution in [0.1, 0.15) is 0 Å². The number of nitrogens with zero attached hydrogens (tertiary/aromatic N) is 3. The van der Waals surface area contributed by atoms with Crippen LogP contribution in [0.5, 0.6) is 11.5 Å². The lowest BCUT2D eigenvalue weighted by Crippen LogP contribution is -2.55. The highest BCUT2D eigenvalue weighted by Crippen LogP contribution is 2.33. The van der Waals surface area contributed by atoms with Crippen LogP contribution in [0.3, 0.4) is 0 Å². The second-order valence-corrected chi connectivity index (χ2v) is 8.93. The summed E-state index contributed by atoms with van der Waals surface area (Å²) >= 11 is 7.30. The molecule has 1 aliphatic heterocycles. The molecule has 3 heterocycles. The SMILES string of the molecule is COc1cc(-n2ccc3nc(-c4ccc(Cl)cc4)sc3c2=O)ccc1OC1CN(C(=O)O)C1. The molecule has 1 fully saturated rings. The van der Waals surface area contributed by atoms with Crippen LogP contribution in [0, 0.1) is 0 Å². The fourth-order valence-corrected chi connectivity index (χ4v) is 4.71. The van der Waals surface area contributed by atoms with Gasteiger partial charge < -0.3 is 19.5 Å². The Morgan fingerprint density at radius 2 is 1.91 bits per heavy atom. The molecule has 0 spiro atoms. The maximum atomic E-state index is 13.2. The van der Waals surface area contributed by atoms with Gasteiger partial charge in [-0.3, -0.25) is 9.36 Å². The molecule has 2 aromatic carbocycles. The Hall–Kier alpha value is -3.56. The molecular formula is C23H18ClN3O5S. The zero-order valence-corrected chi connectivity index (χ0v) is 19.0. The average molecular weight is 484 g/mol. The Bertz CT molecular complexity index is 1410. The van der Waals surface area contributed by atoms with Gasteiger partial charge in [0.15, 0.2) is 11.5 Å². The van der Waals surface area contributed by atoms with Gasteiger partial charge in [-0.2, -0.15) is 0 Å². The Balaban J connectivity index is 1.45. The Morgan fingerprint density at radius 3 is 2.61 bits per heavy atom. The summed E-state index contributed by atoms with van der Waals surface area (Å²) in [6.07, 6.45) is 0.486. The van der Waals surface area contributed by atoms with Crippen molar-refractivity contribution in [1.29, 1.82) is 0 Å². The zero-order valence-electron chi connectivity index (χ0n) is 17.4. The molecule has 0 aliphatic carbocycles. The van der Waals surface area contributed by atoms with E-state index < -0.39 is 6.09 Å². The standard InChI is InChI=1S/C23H18ClN3O5S/c1-31-19-10-15(6-7-18(19)32-16-11-26(12-16)23(29)30)27-9-8-17-20(22(27)28)33-21(25-17)13-2-4-14(24)5-3-13/h2-10,16H,11-12H2,1H3,(H,29,30). The van der Waals surface area contributed by atoms with E-state index in [2.05, 4.69) is 4.98 Å². The molecule has 10 heteroatoms. The number of rotatable bonds is 5. The Morgan fingerprint density at radius 1 is 1.15 bits per heavy atom. The summed E-state index contributed by atoms with van der Waals surface area (Å²) in [5, 5.41) is 10.3. The number of thiazole rings is 1. The summed E-state index contributed by atoms with van der Waals surface area (Å²) in [5.41, 5.74) is 1.96. The molecule has 0 atom stereocenters. The Labute approximate surface area is 197 Å². The zero-order chi connectivity index (χ0) is 23.1. The number of hydrogen-bond acceptors (Lipinski definition) is 6. The number of halogens is 1. The molecule has 1 saturated heterocycles. The summed E-state index contributed by atoms with van der Waals surface area (Å²) in [6.45, 7) is 0.607. The highest BCUT2D eigenvalue weighted by molar-refractivity contribution is 7.21. The van der Waals surface area contributed by atoms with Gasteiger partial charge >= 0.3 is 6.09 Å². The van der Waals surface area contributed by atoms with Crippen molar-refractivity contribution in [1.82, 2.24) is 14.5 Å². The maximum Gasteiger partial charge on any atom is 0.407 e. The lowest BCUT2D eigenvalue weighted by molar-refractivity contribution is 0.0239. The van der Waals surface area contributed by atoms with Gasteiger partial charge in [0.2, 0.25) is 0 Å². The number of hydrogen-bond donors (Lipinski definition) is 1. The lowest BCUT2D eigenvalue weighted by Gasteiger charge is -2.37. The van der Waals surface area contributed by atoms with Gasteiger partial charge in [-0.1, -0.05) is 23.7 Å². The van der Waals surface area contributed by atoms with E-state index in [1.165, 1.54) is 27.9 Å². The van der Waals surface area contributed by atoms with Crippen LogP contribution in [0.15, 0.2) is 59.5 Å². The summed E-state index contributed by atoms with van der Waals surface area (Å²) in [7, 11) is 1.52. The highest BCUT2D eigenvalue weighted by Gasteiger charge is 2.32. The predicted octanol–water partition coefficient (Wildman–Crippen LogP) is 4.52. The summed E-state index contributed by atoms with van der Waals surface area (Å²) in [5.74, 6) is 0.952. The maximum absolute atomic E-state index is 13.2. The molecule has 5 rings (SSSR count). The molecular weight excluding hydrogens is 466 g/mol. The van der Waals surface area contributed by atoms with Crippen molar-refractivity contribution in [2.75, 3.05) is 20.2 Å². The van der Waals surface area contributed by atoms with Crippen LogP contribution in [-0.2, 0) is 0 Å². The number of fused-ring (bicyclic) bond motifs is 1. The quantitative estimate of drug-likeness (QED) is 0.448. The molecule has 1 amide bonds. The molecule has 0 radical (unpaired) electrons. The first-order valence-corrected chi connectivity index (χ1v) is 11.2. The normalized spacial score (nSPS) is 13.7. The first-order valence-electron chi connectivity index (χ1n) is 10.0. The number of likely N-dealkylation sites (tertiary alicyclic amines) is 1. The molecule has 4 aromatic rings. The fraction of sp³-hybridized carbons (Fsp3) is 0.174. The van der Waals surface area contributed by atoms with E-state index in [4.69, 9.17) is 26.2 Å². The van der Waals surface area contributed by atoms with Crippen molar-refractivity contribution in [3.63, 3.8) is 0 Å². The largest absolute Gasteiger partial charge is 0.493 e. The van der Waals surface area contributed by atoms with Gasteiger partial charge in [0, 0.05) is 22.8 Å². The van der Waals surface area contributed by atoms with E-state index in [1.807, 2.05) is 12.1 Å². The second kappa shape index (κ2) is 8.42. The van der Waals surface area contributed by atoms with Crippen molar-refractivity contribution >= 4 is 39.2 Å². The van der Waals surface area contributed by atoms with E-state index in [-0.39, 0.29) is 11.7 Å². The minimum absolute atomic E-state index is 0.183. The van der Waals surface area contributed by atoms with Crippen molar-refractivity contribution in [2.45, 2.75) is 6.10 Å². The number of pyridine rings is 1. The number of carbonyl (C=O) groups is 1. The van der Waals surface area contributed by atoms with Crippen molar-refractivity contribution in [3.05, 3.63) is 70.1 Å². The highest BCUT2D eigenvalue weighted by atomic mass is 35.5. The van der Waals surface area contributed by atoms with E-state index in [0.717, 1.165) is 10.6 Å². The molecule has 168 valence electrons. The molecule has 0 bridgehead atoms. The van der Waals surface area contributed by atoms with Gasteiger partial charge in [-0.25, -0.2) is 9.78 Å². The van der Waals surface area contributed by atoms with Crippen LogP contribution in [0.4, 0.5) is 4.79 Å². The third-order valence-corrected chi connectivity index (χ3v) is 6.74.